The normalized spacial score (nSPS) is 26.6. The number of hydrogen-bond donors (Lipinski definition) is 0. The van der Waals surface area contributed by atoms with Crippen LogP contribution in [0.15, 0.2) is 47.4 Å². The van der Waals surface area contributed by atoms with Crippen LogP contribution < -0.4 is 0 Å². The van der Waals surface area contributed by atoms with E-state index in [9.17, 15) is 48.7 Å². The molecule has 49 heavy (non-hydrogen) atoms. The maximum atomic E-state index is 15.1. The van der Waals surface area contributed by atoms with Crippen LogP contribution >= 0.6 is 0 Å². The van der Waals surface area contributed by atoms with E-state index in [4.69, 9.17) is 4.74 Å². The number of ether oxygens (including phenoxy) is 1. The van der Waals surface area contributed by atoms with Crippen LogP contribution in [0.2, 0.25) is 0 Å². The summed E-state index contributed by atoms with van der Waals surface area (Å²) < 4.78 is 144. The van der Waals surface area contributed by atoms with Gasteiger partial charge in [0.1, 0.15) is 16.2 Å². The first-order valence-electron chi connectivity index (χ1n) is 16.0. The molecule has 1 amide bonds. The molecule has 6 nitrogen and oxygen atoms in total. The summed E-state index contributed by atoms with van der Waals surface area (Å²) in [6, 6.07) is 4.36. The predicted octanol–water partition coefficient (Wildman–Crippen LogP) is 7.73. The van der Waals surface area contributed by atoms with Gasteiger partial charge in [0.2, 0.25) is 5.91 Å². The minimum absolute atomic E-state index is 0.127. The maximum absolute atomic E-state index is 15.1. The fourth-order valence-electron chi connectivity index (χ4n) is 7.92. The summed E-state index contributed by atoms with van der Waals surface area (Å²) in [6.45, 7) is 6.92. The van der Waals surface area contributed by atoms with Crippen LogP contribution in [0.3, 0.4) is 0 Å². The number of carbonyl (C=O) groups excluding carboxylic acids is 2. The molecule has 2 aliphatic carbocycles. The van der Waals surface area contributed by atoms with Gasteiger partial charge >= 0.3 is 24.0 Å². The lowest BCUT2D eigenvalue weighted by atomic mass is 9.74. The van der Waals surface area contributed by atoms with Crippen LogP contribution in [0, 0.1) is 23.6 Å². The Kier molecular flexibility index (Phi) is 9.24. The maximum Gasteiger partial charge on any atom is 0.435 e. The fourth-order valence-corrected chi connectivity index (χ4v) is 10.3. The fraction of sp³-hybridized carbons (Fsp3) is 0.588. The van der Waals surface area contributed by atoms with Crippen LogP contribution in [0.25, 0.3) is 0 Å². The smallest absolute Gasteiger partial charge is 0.435 e. The van der Waals surface area contributed by atoms with Gasteiger partial charge in [0, 0.05) is 18.0 Å². The van der Waals surface area contributed by atoms with Gasteiger partial charge in [-0.1, -0.05) is 31.2 Å². The summed E-state index contributed by atoms with van der Waals surface area (Å²) in [5, 5.41) is 0. The van der Waals surface area contributed by atoms with Crippen molar-refractivity contribution in [3.8, 4) is 0 Å². The lowest BCUT2D eigenvalue weighted by molar-refractivity contribution is -0.348. The van der Waals surface area contributed by atoms with Crippen molar-refractivity contribution in [1.82, 2.24) is 4.90 Å². The minimum Gasteiger partial charge on any atom is -0.460 e. The van der Waals surface area contributed by atoms with Crippen LogP contribution in [-0.2, 0) is 41.0 Å². The summed E-state index contributed by atoms with van der Waals surface area (Å²) in [6.07, 6.45) is -12.6. The number of likely N-dealkylation sites (tertiary alicyclic amines) is 1. The van der Waals surface area contributed by atoms with Crippen LogP contribution in [0.1, 0.15) is 76.5 Å². The zero-order chi connectivity index (χ0) is 36.5. The molecule has 2 aromatic carbocycles. The number of sulfone groups is 1. The molecule has 3 unspecified atom stereocenters. The van der Waals surface area contributed by atoms with E-state index in [0.29, 0.717) is 25.3 Å². The van der Waals surface area contributed by atoms with Crippen LogP contribution in [-0.4, -0.2) is 55.7 Å². The topological polar surface area (TPSA) is 80.8 Å². The first-order chi connectivity index (χ1) is 22.5. The summed E-state index contributed by atoms with van der Waals surface area (Å²) in [4.78, 5) is 27.9. The van der Waals surface area contributed by atoms with Gasteiger partial charge in [0.25, 0.3) is 0 Å². The molecule has 5 rings (SSSR count). The van der Waals surface area contributed by atoms with Crippen molar-refractivity contribution in [3.05, 3.63) is 65.0 Å². The molecule has 1 aliphatic heterocycles. The number of fused-ring (bicyclic) bond motifs is 3. The van der Waals surface area contributed by atoms with Crippen molar-refractivity contribution in [2.24, 2.45) is 17.8 Å². The number of amides is 1. The van der Waals surface area contributed by atoms with Crippen molar-refractivity contribution in [3.63, 3.8) is 0 Å². The number of aryl methyl sites for hydroxylation is 1. The lowest BCUT2D eigenvalue weighted by Gasteiger charge is -2.44. The lowest BCUT2D eigenvalue weighted by Crippen LogP contribution is -2.54. The highest BCUT2D eigenvalue weighted by Gasteiger charge is 2.74. The third-order valence-electron chi connectivity index (χ3n) is 10.2. The molecule has 1 saturated carbocycles. The SMILES string of the molecule is C[C@H]1CC(C(=O)N2CCC3(S(=O)(=O)c4cccc(F)c4)c4ccc(C(F)(C(F)(F)F)C(F)(F)F)cc4CCC23)CC[C@H]1C(=O)OC(C)(C)C. The Bertz CT molecular complexity index is 1720. The number of alkyl halides is 7. The molecular weight excluding hydrogens is 686 g/mol. The van der Waals surface area contributed by atoms with Gasteiger partial charge in [0.15, 0.2) is 9.84 Å². The van der Waals surface area contributed by atoms with Crippen molar-refractivity contribution in [1.29, 1.82) is 0 Å². The van der Waals surface area contributed by atoms with Gasteiger partial charge in [-0.15, -0.1) is 0 Å². The van der Waals surface area contributed by atoms with Gasteiger partial charge in [-0.3, -0.25) is 9.59 Å². The zero-order valence-electron chi connectivity index (χ0n) is 27.2. The summed E-state index contributed by atoms with van der Waals surface area (Å²) in [5.41, 5.74) is -8.60. The average Bonchev–Trinajstić information content (AvgIpc) is 3.39. The molecule has 2 fully saturated rings. The van der Waals surface area contributed by atoms with Gasteiger partial charge in [-0.25, -0.2) is 17.2 Å². The Balaban J connectivity index is 1.56. The van der Waals surface area contributed by atoms with Crippen LogP contribution in [0.4, 0.5) is 35.1 Å². The number of esters is 1. The number of carbonyl (C=O) groups is 2. The van der Waals surface area contributed by atoms with Gasteiger partial charge < -0.3 is 9.64 Å². The second-order valence-corrected chi connectivity index (χ2v) is 16.5. The van der Waals surface area contributed by atoms with E-state index in [2.05, 4.69) is 0 Å². The second kappa shape index (κ2) is 12.2. The summed E-state index contributed by atoms with van der Waals surface area (Å²) in [5.74, 6) is -3.00. The van der Waals surface area contributed by atoms with Crippen molar-refractivity contribution in [2.45, 2.75) is 106 Å². The van der Waals surface area contributed by atoms with E-state index < -0.39 is 78.3 Å². The Morgan fingerprint density at radius 3 is 2.14 bits per heavy atom. The average molecular weight is 724 g/mol. The van der Waals surface area contributed by atoms with E-state index in [0.717, 1.165) is 30.3 Å². The van der Waals surface area contributed by atoms with Crippen LogP contribution in [0.5, 0.6) is 0 Å². The molecular formula is C34H37F8NO5S. The van der Waals surface area contributed by atoms with Gasteiger partial charge in [-0.2, -0.15) is 26.3 Å². The Labute approximate surface area is 279 Å². The molecule has 15 heteroatoms. The van der Waals surface area contributed by atoms with E-state index in [1.807, 2.05) is 6.92 Å². The third kappa shape index (κ3) is 6.11. The van der Waals surface area contributed by atoms with Gasteiger partial charge in [0.05, 0.1) is 16.9 Å². The van der Waals surface area contributed by atoms with Crippen molar-refractivity contribution < 1.29 is 57.9 Å². The molecule has 0 spiro atoms. The molecule has 270 valence electrons. The van der Waals surface area contributed by atoms with E-state index in [-0.39, 0.29) is 54.9 Å². The largest absolute Gasteiger partial charge is 0.460 e. The molecule has 0 aromatic heterocycles. The highest BCUT2D eigenvalue weighted by Crippen LogP contribution is 2.57. The molecule has 1 heterocycles. The molecule has 0 bridgehead atoms. The Morgan fingerprint density at radius 2 is 1.57 bits per heavy atom. The summed E-state index contributed by atoms with van der Waals surface area (Å²) in [7, 11) is -4.68. The Morgan fingerprint density at radius 1 is 0.918 bits per heavy atom. The Hall–Kier alpha value is -3.23. The molecule has 0 radical (unpaired) electrons. The number of hydrogen-bond acceptors (Lipinski definition) is 5. The molecule has 1 saturated heterocycles. The quantitative estimate of drug-likeness (QED) is 0.233. The summed E-state index contributed by atoms with van der Waals surface area (Å²) >= 11 is 0. The molecule has 0 N–H and O–H groups in total. The number of nitrogens with zero attached hydrogens (tertiary/aromatic N) is 1. The molecule has 2 aromatic rings. The van der Waals surface area contributed by atoms with Gasteiger partial charge in [-0.05, 0) is 94.5 Å². The van der Waals surface area contributed by atoms with Crippen molar-refractivity contribution in [2.75, 3.05) is 6.54 Å². The number of halogens is 8. The third-order valence-corrected chi connectivity index (χ3v) is 12.7. The number of rotatable bonds is 5. The highest BCUT2D eigenvalue weighted by atomic mass is 32.2. The first-order valence-corrected chi connectivity index (χ1v) is 17.4. The predicted molar refractivity (Wildman–Crippen MR) is 161 cm³/mol. The van der Waals surface area contributed by atoms with E-state index in [1.54, 1.807) is 20.8 Å². The molecule has 3 aliphatic rings. The van der Waals surface area contributed by atoms with E-state index >= 15 is 4.39 Å². The first kappa shape index (κ1) is 37.0. The highest BCUT2D eigenvalue weighted by molar-refractivity contribution is 7.92. The monoisotopic (exact) mass is 723 g/mol. The zero-order valence-corrected chi connectivity index (χ0v) is 28.0. The second-order valence-electron chi connectivity index (χ2n) is 14.3. The standard InChI is InChI=1S/C34H37F8NO5S/c1-19-16-21(8-11-25(19)29(45)48-30(2,3)4)28(44)43-15-14-31(49(46,47)24-7-5-6-23(35)18-24)26-12-10-22(17-20(26)9-13-27(31)43)32(36,33(37,38)39)34(40,41)42/h5-7,10,12,17-19,21,25,27H,8-9,11,13-16H2,1-4H3/t19-,21?,25+,27?,31?/m0/s1. The molecule has 5 atom stereocenters. The van der Waals surface area contributed by atoms with Crippen molar-refractivity contribution >= 4 is 21.7 Å². The minimum atomic E-state index is -6.38. The number of benzene rings is 2. The van der Waals surface area contributed by atoms with E-state index in [1.165, 1.54) is 4.90 Å².